The molecule has 2 aliphatic carbocycles. The van der Waals surface area contributed by atoms with Crippen LogP contribution in [0.25, 0.3) is 0 Å². The molecule has 0 aromatic heterocycles. The third kappa shape index (κ3) is 1.67. The summed E-state index contributed by atoms with van der Waals surface area (Å²) < 4.78 is 5.81. The van der Waals surface area contributed by atoms with E-state index in [1.165, 1.54) is 19.3 Å². The molecule has 0 aromatic rings. The van der Waals surface area contributed by atoms with Gasteiger partial charge >= 0.3 is 0 Å². The molecule has 2 saturated carbocycles. The fourth-order valence-electron chi connectivity index (χ4n) is 5.39. The van der Waals surface area contributed by atoms with Crippen molar-refractivity contribution in [1.29, 1.82) is 0 Å². The van der Waals surface area contributed by atoms with Crippen LogP contribution in [0, 0.1) is 17.3 Å². The van der Waals surface area contributed by atoms with Crippen LogP contribution in [-0.4, -0.2) is 29.5 Å². The molecule has 3 heteroatoms. The van der Waals surface area contributed by atoms with Gasteiger partial charge in [-0.05, 0) is 44.9 Å². The average Bonchev–Trinajstić information content (AvgIpc) is 2.86. The lowest BCUT2D eigenvalue weighted by Crippen LogP contribution is -2.60. The molecule has 1 saturated heterocycles. The number of fused-ring (bicyclic) bond motifs is 2. The van der Waals surface area contributed by atoms with Crippen molar-refractivity contribution in [2.45, 2.75) is 70.2 Å². The fraction of sp³-hybridized carbons (Fsp3) is 1.00. The van der Waals surface area contributed by atoms with Crippen molar-refractivity contribution >= 4 is 0 Å². The van der Waals surface area contributed by atoms with E-state index in [0.717, 1.165) is 25.2 Å². The number of hydrogen-bond acceptors (Lipinski definition) is 3. The minimum atomic E-state index is -0.599. The second-order valence-corrected chi connectivity index (χ2v) is 7.14. The average molecular weight is 253 g/mol. The van der Waals surface area contributed by atoms with Crippen LogP contribution in [0.3, 0.4) is 0 Å². The highest BCUT2D eigenvalue weighted by Crippen LogP contribution is 2.62. The summed E-state index contributed by atoms with van der Waals surface area (Å²) in [6.07, 6.45) is 6.89. The van der Waals surface area contributed by atoms with Crippen molar-refractivity contribution in [3.05, 3.63) is 0 Å². The van der Waals surface area contributed by atoms with Gasteiger partial charge in [0.2, 0.25) is 0 Å². The van der Waals surface area contributed by atoms with Crippen molar-refractivity contribution in [3.63, 3.8) is 0 Å². The SMILES string of the molecule is CC1CC(O)(C2(CN)CC3CCC2C3)CC(C)O1. The Bertz CT molecular complexity index is 322. The molecule has 0 aromatic carbocycles. The molecular weight excluding hydrogens is 226 g/mol. The van der Waals surface area contributed by atoms with E-state index < -0.39 is 5.60 Å². The lowest BCUT2D eigenvalue weighted by Gasteiger charge is -2.54. The molecule has 0 amide bonds. The summed E-state index contributed by atoms with van der Waals surface area (Å²) in [4.78, 5) is 0. The Morgan fingerprint density at radius 2 is 1.83 bits per heavy atom. The van der Waals surface area contributed by atoms with E-state index in [9.17, 15) is 5.11 Å². The van der Waals surface area contributed by atoms with Crippen molar-refractivity contribution in [3.8, 4) is 0 Å². The molecule has 3 nitrogen and oxygen atoms in total. The van der Waals surface area contributed by atoms with E-state index >= 15 is 0 Å². The summed E-state index contributed by atoms with van der Waals surface area (Å²) in [5.74, 6) is 1.46. The topological polar surface area (TPSA) is 55.5 Å². The molecule has 0 spiro atoms. The van der Waals surface area contributed by atoms with Crippen LogP contribution >= 0.6 is 0 Å². The summed E-state index contributed by atoms with van der Waals surface area (Å²) in [6.45, 7) is 4.81. The van der Waals surface area contributed by atoms with Crippen LogP contribution in [0.1, 0.15) is 52.4 Å². The lowest BCUT2D eigenvalue weighted by molar-refractivity contribution is -0.198. The molecule has 5 unspecified atom stereocenters. The zero-order valence-electron chi connectivity index (χ0n) is 11.7. The Morgan fingerprint density at radius 3 is 2.28 bits per heavy atom. The second-order valence-electron chi connectivity index (χ2n) is 7.14. The van der Waals surface area contributed by atoms with E-state index in [0.29, 0.717) is 12.5 Å². The second kappa shape index (κ2) is 4.19. The number of aliphatic hydroxyl groups is 1. The predicted molar refractivity (Wildman–Crippen MR) is 71.1 cm³/mol. The molecule has 3 fully saturated rings. The molecule has 1 aliphatic heterocycles. The Labute approximate surface area is 110 Å². The highest BCUT2D eigenvalue weighted by molar-refractivity contribution is 5.12. The van der Waals surface area contributed by atoms with Gasteiger partial charge in [0.05, 0.1) is 17.8 Å². The molecule has 2 bridgehead atoms. The fourth-order valence-corrected chi connectivity index (χ4v) is 5.39. The molecule has 5 atom stereocenters. The lowest BCUT2D eigenvalue weighted by atomic mass is 9.58. The Balaban J connectivity index is 1.91. The van der Waals surface area contributed by atoms with Gasteiger partial charge in [0.15, 0.2) is 0 Å². The first-order chi connectivity index (χ1) is 8.49. The predicted octanol–water partition coefficient (Wildman–Crippen LogP) is 2.07. The Morgan fingerprint density at radius 1 is 1.17 bits per heavy atom. The van der Waals surface area contributed by atoms with Crippen LogP contribution in [-0.2, 0) is 4.74 Å². The molecule has 3 N–H and O–H groups in total. The maximum Gasteiger partial charge on any atom is 0.0767 e. The molecule has 3 rings (SSSR count). The van der Waals surface area contributed by atoms with E-state index in [1.54, 1.807) is 0 Å². The first-order valence-electron chi connectivity index (χ1n) is 7.57. The standard InChI is InChI=1S/C15H27NO2/c1-10-6-15(17,7-11(2)18-10)14(9-16)8-12-3-4-13(14)5-12/h10-13,17H,3-9,16H2,1-2H3. The summed E-state index contributed by atoms with van der Waals surface area (Å²) in [7, 11) is 0. The zero-order valence-corrected chi connectivity index (χ0v) is 11.7. The van der Waals surface area contributed by atoms with Crippen molar-refractivity contribution in [1.82, 2.24) is 0 Å². The number of ether oxygens (including phenoxy) is 1. The largest absolute Gasteiger partial charge is 0.389 e. The van der Waals surface area contributed by atoms with Gasteiger partial charge in [-0.3, -0.25) is 0 Å². The van der Waals surface area contributed by atoms with Gasteiger partial charge in [-0.1, -0.05) is 6.42 Å². The van der Waals surface area contributed by atoms with Crippen LogP contribution in [0.4, 0.5) is 0 Å². The van der Waals surface area contributed by atoms with Gasteiger partial charge < -0.3 is 15.6 Å². The number of hydrogen-bond donors (Lipinski definition) is 2. The Kier molecular flexibility index (Phi) is 3.00. The minimum absolute atomic E-state index is 0.0256. The normalized spacial score (nSPS) is 56.0. The number of nitrogens with two attached hydrogens (primary N) is 1. The zero-order chi connectivity index (χ0) is 13.0. The summed E-state index contributed by atoms with van der Waals surface area (Å²) >= 11 is 0. The van der Waals surface area contributed by atoms with Crippen LogP contribution in [0.2, 0.25) is 0 Å². The maximum atomic E-state index is 11.3. The molecule has 18 heavy (non-hydrogen) atoms. The van der Waals surface area contributed by atoms with E-state index in [-0.39, 0.29) is 17.6 Å². The van der Waals surface area contributed by atoms with Crippen molar-refractivity contribution in [2.75, 3.05) is 6.54 Å². The van der Waals surface area contributed by atoms with E-state index in [4.69, 9.17) is 10.5 Å². The third-order valence-corrected chi connectivity index (χ3v) is 5.98. The summed E-state index contributed by atoms with van der Waals surface area (Å²) in [5, 5.41) is 11.3. The van der Waals surface area contributed by atoms with Crippen LogP contribution < -0.4 is 5.73 Å². The Hall–Kier alpha value is -0.120. The van der Waals surface area contributed by atoms with Crippen LogP contribution in [0.5, 0.6) is 0 Å². The van der Waals surface area contributed by atoms with Crippen molar-refractivity contribution in [2.24, 2.45) is 23.0 Å². The molecule has 104 valence electrons. The molecular formula is C15H27NO2. The molecule has 1 heterocycles. The van der Waals surface area contributed by atoms with Crippen molar-refractivity contribution < 1.29 is 9.84 Å². The van der Waals surface area contributed by atoms with E-state index in [2.05, 4.69) is 13.8 Å². The smallest absolute Gasteiger partial charge is 0.0767 e. The van der Waals surface area contributed by atoms with Gasteiger partial charge in [0.25, 0.3) is 0 Å². The van der Waals surface area contributed by atoms with Crippen LogP contribution in [0.15, 0.2) is 0 Å². The highest BCUT2D eigenvalue weighted by atomic mass is 16.5. The minimum Gasteiger partial charge on any atom is -0.389 e. The molecule has 0 radical (unpaired) electrons. The summed E-state index contributed by atoms with van der Waals surface area (Å²) in [6, 6.07) is 0. The van der Waals surface area contributed by atoms with Gasteiger partial charge in [-0.25, -0.2) is 0 Å². The summed E-state index contributed by atoms with van der Waals surface area (Å²) in [5.41, 5.74) is 5.54. The number of rotatable bonds is 2. The third-order valence-electron chi connectivity index (χ3n) is 5.98. The van der Waals surface area contributed by atoms with Gasteiger partial charge in [-0.15, -0.1) is 0 Å². The van der Waals surface area contributed by atoms with Gasteiger partial charge in [0, 0.05) is 24.8 Å². The first kappa shape index (κ1) is 12.9. The first-order valence-corrected chi connectivity index (χ1v) is 7.57. The van der Waals surface area contributed by atoms with Gasteiger partial charge in [-0.2, -0.15) is 0 Å². The molecule has 3 aliphatic rings. The maximum absolute atomic E-state index is 11.3. The monoisotopic (exact) mass is 253 g/mol. The van der Waals surface area contributed by atoms with E-state index in [1.807, 2.05) is 0 Å². The van der Waals surface area contributed by atoms with Gasteiger partial charge in [0.1, 0.15) is 0 Å². The quantitative estimate of drug-likeness (QED) is 0.792. The highest BCUT2D eigenvalue weighted by Gasteiger charge is 2.61.